The van der Waals surface area contributed by atoms with Crippen LogP contribution in [0.5, 0.6) is 5.75 Å². The minimum Gasteiger partial charge on any atom is -0.497 e. The van der Waals surface area contributed by atoms with Crippen molar-refractivity contribution in [1.29, 1.82) is 0 Å². The van der Waals surface area contributed by atoms with E-state index in [1.165, 1.54) is 12.8 Å². The fraction of sp³-hybridized carbons (Fsp3) is 0.462. The van der Waals surface area contributed by atoms with E-state index in [9.17, 15) is 4.79 Å². The minimum absolute atomic E-state index is 0.200. The maximum absolute atomic E-state index is 11.8. The van der Waals surface area contributed by atoms with Gasteiger partial charge in [0.05, 0.1) is 17.8 Å². The number of carbonyl (C=O) groups excluding carboxylic acids is 1. The van der Waals surface area contributed by atoms with Crippen molar-refractivity contribution in [3.8, 4) is 5.75 Å². The van der Waals surface area contributed by atoms with E-state index in [2.05, 4.69) is 10.6 Å². The molecule has 0 bridgehead atoms. The van der Waals surface area contributed by atoms with Gasteiger partial charge in [-0.25, -0.2) is 4.79 Å². The Hall–Kier alpha value is -1.42. The molecule has 1 aliphatic carbocycles. The number of halogens is 1. The SMILES string of the molecule is COc1ccc(NC(=O)NC2CCCC2)c(Cl)c1. The van der Waals surface area contributed by atoms with Gasteiger partial charge in [0.15, 0.2) is 0 Å². The third-order valence-electron chi connectivity index (χ3n) is 3.11. The van der Waals surface area contributed by atoms with E-state index in [0.717, 1.165) is 12.8 Å². The monoisotopic (exact) mass is 268 g/mol. The second-order valence-electron chi connectivity index (χ2n) is 4.43. The van der Waals surface area contributed by atoms with Gasteiger partial charge in [0.1, 0.15) is 5.75 Å². The van der Waals surface area contributed by atoms with Crippen LogP contribution in [0.1, 0.15) is 25.7 Å². The predicted molar refractivity (Wildman–Crippen MR) is 72.4 cm³/mol. The molecule has 2 amide bonds. The van der Waals surface area contributed by atoms with Gasteiger partial charge in [0.25, 0.3) is 0 Å². The molecule has 1 aliphatic rings. The summed E-state index contributed by atoms with van der Waals surface area (Å²) >= 11 is 6.05. The van der Waals surface area contributed by atoms with Crippen LogP contribution in [0.4, 0.5) is 10.5 Å². The molecule has 0 radical (unpaired) electrons. The lowest BCUT2D eigenvalue weighted by Crippen LogP contribution is -2.36. The number of methoxy groups -OCH3 is 1. The molecule has 0 atom stereocenters. The Labute approximate surface area is 112 Å². The lowest BCUT2D eigenvalue weighted by Gasteiger charge is -2.14. The summed E-state index contributed by atoms with van der Waals surface area (Å²) in [5, 5.41) is 6.16. The van der Waals surface area contributed by atoms with Gasteiger partial charge < -0.3 is 15.4 Å². The molecule has 1 fully saturated rings. The van der Waals surface area contributed by atoms with Gasteiger partial charge in [0.2, 0.25) is 0 Å². The summed E-state index contributed by atoms with van der Waals surface area (Å²) in [5.74, 6) is 0.668. The van der Waals surface area contributed by atoms with E-state index in [0.29, 0.717) is 22.5 Å². The molecule has 1 aromatic rings. The summed E-state index contributed by atoms with van der Waals surface area (Å²) < 4.78 is 5.05. The topological polar surface area (TPSA) is 50.4 Å². The van der Waals surface area contributed by atoms with Gasteiger partial charge in [-0.05, 0) is 25.0 Å². The molecule has 5 heteroatoms. The first kappa shape index (κ1) is 13.0. The number of benzene rings is 1. The number of ether oxygens (including phenoxy) is 1. The van der Waals surface area contributed by atoms with Gasteiger partial charge in [-0.15, -0.1) is 0 Å². The van der Waals surface area contributed by atoms with Crippen molar-refractivity contribution in [2.24, 2.45) is 0 Å². The van der Waals surface area contributed by atoms with Gasteiger partial charge in [-0.1, -0.05) is 24.4 Å². The van der Waals surface area contributed by atoms with Crippen LogP contribution in [-0.4, -0.2) is 19.2 Å². The first-order chi connectivity index (χ1) is 8.69. The fourth-order valence-corrected chi connectivity index (χ4v) is 2.36. The van der Waals surface area contributed by atoms with Crippen molar-refractivity contribution in [2.75, 3.05) is 12.4 Å². The van der Waals surface area contributed by atoms with Crippen LogP contribution in [0.15, 0.2) is 18.2 Å². The van der Waals surface area contributed by atoms with Gasteiger partial charge in [-0.2, -0.15) is 0 Å². The van der Waals surface area contributed by atoms with E-state index < -0.39 is 0 Å². The smallest absolute Gasteiger partial charge is 0.319 e. The molecule has 0 spiro atoms. The molecule has 1 aromatic carbocycles. The Balaban J connectivity index is 1.93. The van der Waals surface area contributed by atoms with E-state index in [4.69, 9.17) is 16.3 Å². The second-order valence-corrected chi connectivity index (χ2v) is 4.83. The van der Waals surface area contributed by atoms with Crippen LogP contribution in [0.25, 0.3) is 0 Å². The molecule has 98 valence electrons. The maximum Gasteiger partial charge on any atom is 0.319 e. The number of hydrogen-bond acceptors (Lipinski definition) is 2. The minimum atomic E-state index is -0.200. The van der Waals surface area contributed by atoms with Crippen LogP contribution in [0, 0.1) is 0 Å². The molecule has 0 saturated heterocycles. The zero-order valence-corrected chi connectivity index (χ0v) is 11.1. The molecule has 2 N–H and O–H groups in total. The number of anilines is 1. The lowest BCUT2D eigenvalue weighted by molar-refractivity contribution is 0.248. The Morgan fingerprint density at radius 1 is 1.39 bits per heavy atom. The molecule has 0 aromatic heterocycles. The quantitative estimate of drug-likeness (QED) is 0.883. The number of carbonyl (C=O) groups is 1. The van der Waals surface area contributed by atoms with Crippen LogP contribution >= 0.6 is 11.6 Å². The highest BCUT2D eigenvalue weighted by molar-refractivity contribution is 6.33. The van der Waals surface area contributed by atoms with Crippen LogP contribution < -0.4 is 15.4 Å². The van der Waals surface area contributed by atoms with Crippen molar-refractivity contribution in [3.05, 3.63) is 23.2 Å². The van der Waals surface area contributed by atoms with Crippen LogP contribution in [0.2, 0.25) is 5.02 Å². The summed E-state index contributed by atoms with van der Waals surface area (Å²) in [6.07, 6.45) is 4.50. The molecule has 2 rings (SSSR count). The molecule has 0 aliphatic heterocycles. The molecule has 18 heavy (non-hydrogen) atoms. The third kappa shape index (κ3) is 3.29. The maximum atomic E-state index is 11.8. The number of hydrogen-bond donors (Lipinski definition) is 2. The van der Waals surface area contributed by atoms with Gasteiger partial charge in [-0.3, -0.25) is 0 Å². The highest BCUT2D eigenvalue weighted by Crippen LogP contribution is 2.26. The molecule has 0 unspecified atom stereocenters. The van der Waals surface area contributed by atoms with Crippen molar-refractivity contribution in [3.63, 3.8) is 0 Å². The van der Waals surface area contributed by atoms with Gasteiger partial charge >= 0.3 is 6.03 Å². The Bertz CT molecular complexity index is 431. The summed E-state index contributed by atoms with van der Waals surface area (Å²) in [6.45, 7) is 0. The lowest BCUT2D eigenvalue weighted by atomic mass is 10.2. The fourth-order valence-electron chi connectivity index (χ4n) is 2.14. The molecular weight excluding hydrogens is 252 g/mol. The first-order valence-electron chi connectivity index (χ1n) is 6.10. The van der Waals surface area contributed by atoms with Crippen LogP contribution in [0.3, 0.4) is 0 Å². The normalized spacial score (nSPS) is 15.4. The van der Waals surface area contributed by atoms with Crippen molar-refractivity contribution < 1.29 is 9.53 Å². The zero-order valence-electron chi connectivity index (χ0n) is 10.3. The summed E-state index contributed by atoms with van der Waals surface area (Å²) in [6, 6.07) is 5.26. The molecular formula is C13H17ClN2O2. The van der Waals surface area contributed by atoms with Crippen molar-refractivity contribution in [1.82, 2.24) is 5.32 Å². The number of amides is 2. The first-order valence-corrected chi connectivity index (χ1v) is 6.48. The number of urea groups is 1. The van der Waals surface area contributed by atoms with E-state index >= 15 is 0 Å². The number of rotatable bonds is 3. The summed E-state index contributed by atoms with van der Waals surface area (Å²) in [5.41, 5.74) is 0.591. The van der Waals surface area contributed by atoms with E-state index in [1.54, 1.807) is 25.3 Å². The zero-order chi connectivity index (χ0) is 13.0. The average molecular weight is 269 g/mol. The average Bonchev–Trinajstić information content (AvgIpc) is 2.84. The number of nitrogens with one attached hydrogen (secondary N) is 2. The summed E-state index contributed by atoms with van der Waals surface area (Å²) in [4.78, 5) is 11.8. The summed E-state index contributed by atoms with van der Waals surface area (Å²) in [7, 11) is 1.57. The Kier molecular flexibility index (Phi) is 4.31. The predicted octanol–water partition coefficient (Wildman–Crippen LogP) is 3.41. The van der Waals surface area contributed by atoms with E-state index in [1.807, 2.05) is 0 Å². The molecule has 0 heterocycles. The Morgan fingerprint density at radius 2 is 2.11 bits per heavy atom. The van der Waals surface area contributed by atoms with Crippen molar-refractivity contribution in [2.45, 2.75) is 31.7 Å². The highest BCUT2D eigenvalue weighted by atomic mass is 35.5. The van der Waals surface area contributed by atoms with E-state index in [-0.39, 0.29) is 6.03 Å². The third-order valence-corrected chi connectivity index (χ3v) is 3.43. The van der Waals surface area contributed by atoms with Gasteiger partial charge in [0, 0.05) is 12.1 Å². The Morgan fingerprint density at radius 3 is 2.72 bits per heavy atom. The largest absolute Gasteiger partial charge is 0.497 e. The standard InChI is InChI=1S/C13H17ClN2O2/c1-18-10-6-7-12(11(14)8-10)16-13(17)15-9-4-2-3-5-9/h6-9H,2-5H2,1H3,(H2,15,16,17). The highest BCUT2D eigenvalue weighted by Gasteiger charge is 2.17. The molecule has 1 saturated carbocycles. The van der Waals surface area contributed by atoms with Crippen molar-refractivity contribution >= 4 is 23.3 Å². The molecule has 4 nitrogen and oxygen atoms in total. The van der Waals surface area contributed by atoms with Crippen LogP contribution in [-0.2, 0) is 0 Å². The second kappa shape index (κ2) is 5.96.